The maximum Gasteiger partial charge on any atom is 0.103 e. The third-order valence-corrected chi connectivity index (χ3v) is 4.33. The lowest BCUT2D eigenvalue weighted by molar-refractivity contribution is -0.00685. The average molecular weight is 357 g/mol. The number of aliphatic hydroxyl groups excluding tert-OH is 1. The molecule has 4 heteroatoms. The number of hydrogen-bond donors (Lipinski definition) is 1. The fraction of sp³-hybridized carbons (Fsp3) is 0.500. The lowest BCUT2D eigenvalue weighted by Gasteiger charge is -2.22. The van der Waals surface area contributed by atoms with Gasteiger partial charge in [-0.1, -0.05) is 52.9 Å². The summed E-state index contributed by atoms with van der Waals surface area (Å²) in [5, 5.41) is 19.6. The first kappa shape index (κ1) is 13.8. The number of nitrogens with zero attached hydrogens (tertiary/aromatic N) is 1. The molecule has 1 N–H and O–H groups in total. The monoisotopic (exact) mass is 357 g/mol. The summed E-state index contributed by atoms with van der Waals surface area (Å²) >= 11 is 2.29. The smallest absolute Gasteiger partial charge is 0.103 e. The van der Waals surface area contributed by atoms with Gasteiger partial charge < -0.3 is 9.84 Å². The Morgan fingerprint density at radius 2 is 2.11 bits per heavy atom. The van der Waals surface area contributed by atoms with Crippen LogP contribution in [0.3, 0.4) is 0 Å². The number of ether oxygens (including phenoxy) is 1. The van der Waals surface area contributed by atoms with Gasteiger partial charge in [0.1, 0.15) is 5.92 Å². The summed E-state index contributed by atoms with van der Waals surface area (Å²) in [6.07, 6.45) is 1.15. The summed E-state index contributed by atoms with van der Waals surface area (Å²) in [6, 6.07) is 11.5. The number of rotatable bonds is 4. The van der Waals surface area contributed by atoms with E-state index in [4.69, 9.17) is 4.74 Å². The zero-order valence-electron chi connectivity index (χ0n) is 10.00. The van der Waals surface area contributed by atoms with Gasteiger partial charge in [-0.2, -0.15) is 5.26 Å². The molecule has 0 spiro atoms. The van der Waals surface area contributed by atoms with Gasteiger partial charge in [-0.15, -0.1) is 0 Å². The summed E-state index contributed by atoms with van der Waals surface area (Å²) < 4.78 is 6.75. The molecule has 1 heterocycles. The predicted octanol–water partition coefficient (Wildman–Crippen LogP) is 2.84. The maximum atomic E-state index is 10.3. The Kier molecular flexibility index (Phi) is 4.98. The molecule has 3 unspecified atom stereocenters. The van der Waals surface area contributed by atoms with Crippen LogP contribution >= 0.6 is 22.6 Å². The molecule has 0 radical (unpaired) electrons. The van der Waals surface area contributed by atoms with Crippen molar-refractivity contribution in [1.29, 1.82) is 5.26 Å². The van der Waals surface area contributed by atoms with Crippen LogP contribution in [0, 0.1) is 17.2 Å². The molecule has 1 aliphatic heterocycles. The standard InChI is InChI=1S/C14H16INO2/c15-8-11-6-7-13(18-11)12(9-16)14(17)10-4-2-1-3-5-10/h1-5,11-14,17H,6-8H2/t11?,12?,13?,14-/m1/s1. The Balaban J connectivity index is 2.08. The van der Waals surface area contributed by atoms with Crippen molar-refractivity contribution in [3.63, 3.8) is 0 Å². The van der Waals surface area contributed by atoms with Crippen LogP contribution in [-0.2, 0) is 4.74 Å². The van der Waals surface area contributed by atoms with Gasteiger partial charge in [-0.05, 0) is 18.4 Å². The first-order chi connectivity index (χ1) is 8.76. The minimum Gasteiger partial charge on any atom is -0.387 e. The Morgan fingerprint density at radius 3 is 2.67 bits per heavy atom. The van der Waals surface area contributed by atoms with E-state index in [9.17, 15) is 10.4 Å². The van der Waals surface area contributed by atoms with E-state index in [0.29, 0.717) is 0 Å². The molecule has 0 saturated carbocycles. The molecular formula is C14H16INO2. The minimum absolute atomic E-state index is 0.148. The molecule has 1 aliphatic rings. The Hall–Kier alpha value is -0.640. The van der Waals surface area contributed by atoms with Crippen LogP contribution in [0.25, 0.3) is 0 Å². The van der Waals surface area contributed by atoms with Crippen molar-refractivity contribution >= 4 is 22.6 Å². The van der Waals surface area contributed by atoms with Crippen molar-refractivity contribution in [2.75, 3.05) is 4.43 Å². The molecule has 1 aromatic carbocycles. The van der Waals surface area contributed by atoms with Crippen LogP contribution in [0.4, 0.5) is 0 Å². The first-order valence-electron chi connectivity index (χ1n) is 6.10. The van der Waals surface area contributed by atoms with E-state index in [1.54, 1.807) is 0 Å². The van der Waals surface area contributed by atoms with Crippen molar-refractivity contribution in [2.24, 2.45) is 5.92 Å². The van der Waals surface area contributed by atoms with E-state index in [0.717, 1.165) is 22.8 Å². The molecule has 18 heavy (non-hydrogen) atoms. The van der Waals surface area contributed by atoms with E-state index in [-0.39, 0.29) is 12.2 Å². The Labute approximate surface area is 121 Å². The van der Waals surface area contributed by atoms with Gasteiger partial charge in [-0.3, -0.25) is 0 Å². The normalized spacial score (nSPS) is 26.5. The zero-order valence-corrected chi connectivity index (χ0v) is 12.2. The number of aliphatic hydroxyl groups is 1. The Morgan fingerprint density at radius 1 is 1.39 bits per heavy atom. The van der Waals surface area contributed by atoms with Crippen LogP contribution in [-0.4, -0.2) is 21.7 Å². The Bertz CT molecular complexity index is 418. The number of nitriles is 1. The second-order valence-corrected chi connectivity index (χ2v) is 5.42. The highest BCUT2D eigenvalue weighted by Gasteiger charge is 2.35. The zero-order chi connectivity index (χ0) is 13.0. The molecule has 4 atom stereocenters. The van der Waals surface area contributed by atoms with E-state index >= 15 is 0 Å². The predicted molar refractivity (Wildman–Crippen MR) is 77.3 cm³/mol. The van der Waals surface area contributed by atoms with Crippen molar-refractivity contribution in [3.8, 4) is 6.07 Å². The molecule has 3 nitrogen and oxygen atoms in total. The number of halogens is 1. The third kappa shape index (κ3) is 3.02. The van der Waals surface area contributed by atoms with Gasteiger partial charge >= 0.3 is 0 Å². The molecular weight excluding hydrogens is 341 g/mol. The lowest BCUT2D eigenvalue weighted by atomic mass is 9.91. The summed E-state index contributed by atoms with van der Waals surface area (Å²) in [4.78, 5) is 0. The molecule has 0 aliphatic carbocycles. The summed E-state index contributed by atoms with van der Waals surface area (Å²) in [7, 11) is 0. The largest absolute Gasteiger partial charge is 0.387 e. The number of benzene rings is 1. The van der Waals surface area contributed by atoms with Crippen molar-refractivity contribution in [3.05, 3.63) is 35.9 Å². The van der Waals surface area contributed by atoms with Gasteiger partial charge in [-0.25, -0.2) is 0 Å². The fourth-order valence-corrected chi connectivity index (χ4v) is 2.97. The second kappa shape index (κ2) is 6.50. The topological polar surface area (TPSA) is 53.2 Å². The third-order valence-electron chi connectivity index (χ3n) is 3.34. The highest BCUT2D eigenvalue weighted by atomic mass is 127. The van der Waals surface area contributed by atoms with Gasteiger partial charge in [0.15, 0.2) is 0 Å². The van der Waals surface area contributed by atoms with Crippen LogP contribution < -0.4 is 0 Å². The van der Waals surface area contributed by atoms with Gasteiger partial charge in [0.25, 0.3) is 0 Å². The van der Waals surface area contributed by atoms with E-state index in [2.05, 4.69) is 28.7 Å². The summed E-state index contributed by atoms with van der Waals surface area (Å²) in [5.74, 6) is -0.486. The minimum atomic E-state index is -0.769. The fourth-order valence-electron chi connectivity index (χ4n) is 2.33. The molecule has 0 aromatic heterocycles. The number of alkyl halides is 1. The van der Waals surface area contributed by atoms with Gasteiger partial charge in [0, 0.05) is 4.43 Å². The molecule has 0 bridgehead atoms. The SMILES string of the molecule is N#CC(C1CCC(CI)O1)[C@H](O)c1ccccc1. The van der Waals surface area contributed by atoms with E-state index in [1.807, 2.05) is 30.3 Å². The lowest BCUT2D eigenvalue weighted by Crippen LogP contribution is -2.26. The highest BCUT2D eigenvalue weighted by molar-refractivity contribution is 14.1. The highest BCUT2D eigenvalue weighted by Crippen LogP contribution is 2.33. The molecule has 2 rings (SSSR count). The van der Waals surface area contributed by atoms with E-state index < -0.39 is 12.0 Å². The first-order valence-corrected chi connectivity index (χ1v) is 7.63. The molecule has 1 fully saturated rings. The average Bonchev–Trinajstić information content (AvgIpc) is 2.89. The van der Waals surface area contributed by atoms with Crippen LogP contribution in [0.1, 0.15) is 24.5 Å². The van der Waals surface area contributed by atoms with Gasteiger partial charge in [0.2, 0.25) is 0 Å². The van der Waals surface area contributed by atoms with Crippen molar-refractivity contribution in [1.82, 2.24) is 0 Å². The summed E-state index contributed by atoms with van der Waals surface area (Å²) in [6.45, 7) is 0. The van der Waals surface area contributed by atoms with E-state index in [1.165, 1.54) is 0 Å². The molecule has 96 valence electrons. The van der Waals surface area contributed by atoms with Crippen molar-refractivity contribution in [2.45, 2.75) is 31.2 Å². The maximum absolute atomic E-state index is 10.3. The van der Waals surface area contributed by atoms with Crippen LogP contribution in [0.15, 0.2) is 30.3 Å². The number of hydrogen-bond acceptors (Lipinski definition) is 3. The summed E-state index contributed by atoms with van der Waals surface area (Å²) in [5.41, 5.74) is 0.783. The second-order valence-electron chi connectivity index (χ2n) is 4.54. The van der Waals surface area contributed by atoms with Crippen molar-refractivity contribution < 1.29 is 9.84 Å². The van der Waals surface area contributed by atoms with Crippen LogP contribution in [0.5, 0.6) is 0 Å². The quantitative estimate of drug-likeness (QED) is 0.666. The van der Waals surface area contributed by atoms with Crippen LogP contribution in [0.2, 0.25) is 0 Å². The molecule has 1 saturated heterocycles. The molecule has 1 aromatic rings. The molecule has 0 amide bonds. The van der Waals surface area contributed by atoms with Gasteiger partial charge in [0.05, 0.1) is 24.4 Å².